The Hall–Kier alpha value is -2.90. The molecule has 1 aromatic carbocycles. The molecule has 1 aromatic heterocycles. The highest BCUT2D eigenvalue weighted by Crippen LogP contribution is 2.33. The van der Waals surface area contributed by atoms with E-state index in [0.717, 1.165) is 37.4 Å². The Morgan fingerprint density at radius 2 is 1.87 bits per heavy atom. The summed E-state index contributed by atoms with van der Waals surface area (Å²) in [5, 5.41) is 5.47. The highest BCUT2D eigenvalue weighted by molar-refractivity contribution is 6.04. The van der Waals surface area contributed by atoms with Crippen LogP contribution in [0, 0.1) is 5.92 Å². The van der Waals surface area contributed by atoms with Gasteiger partial charge in [-0.1, -0.05) is 0 Å². The molecule has 3 rings (SSSR count). The van der Waals surface area contributed by atoms with Crippen LogP contribution in [-0.4, -0.2) is 47.9 Å². The lowest BCUT2D eigenvalue weighted by molar-refractivity contribution is -0.112. The van der Waals surface area contributed by atoms with Gasteiger partial charge in [-0.15, -0.1) is 0 Å². The molecule has 2 aromatic rings. The van der Waals surface area contributed by atoms with Crippen LogP contribution in [0.25, 0.3) is 10.9 Å². The molecule has 1 heterocycles. The second kappa shape index (κ2) is 8.45. The van der Waals surface area contributed by atoms with Gasteiger partial charge in [0.05, 0.1) is 29.9 Å². The molecule has 0 N–H and O–H groups in total. The van der Waals surface area contributed by atoms with E-state index in [4.69, 9.17) is 9.47 Å². The van der Waals surface area contributed by atoms with Gasteiger partial charge < -0.3 is 14.3 Å². The minimum Gasteiger partial charge on any atom is -0.465 e. The fourth-order valence-electron chi connectivity index (χ4n) is 3.75. The van der Waals surface area contributed by atoms with Crippen LogP contribution in [-0.2, 0) is 14.3 Å². The molecule has 1 aliphatic carbocycles. The summed E-state index contributed by atoms with van der Waals surface area (Å²) in [5.74, 6) is -0.422. The minimum absolute atomic E-state index is 0.131. The Labute approximate surface area is 176 Å². The number of rotatable bonds is 4. The second-order valence-electron chi connectivity index (χ2n) is 8.77. The zero-order chi connectivity index (χ0) is 22.1. The van der Waals surface area contributed by atoms with E-state index in [1.54, 1.807) is 40.0 Å². The van der Waals surface area contributed by atoms with Gasteiger partial charge in [-0.3, -0.25) is 9.58 Å². The van der Waals surface area contributed by atoms with Crippen molar-refractivity contribution in [3.05, 3.63) is 23.9 Å². The molecule has 1 aliphatic rings. The summed E-state index contributed by atoms with van der Waals surface area (Å²) < 4.78 is 12.3. The number of nitrogens with zero attached hydrogens (tertiary/aromatic N) is 3. The summed E-state index contributed by atoms with van der Waals surface area (Å²) >= 11 is 0. The van der Waals surface area contributed by atoms with Gasteiger partial charge in [0.25, 0.3) is 0 Å². The number of hydrogen-bond donors (Lipinski definition) is 0. The van der Waals surface area contributed by atoms with Crippen LogP contribution in [0.2, 0.25) is 0 Å². The topological polar surface area (TPSA) is 90.7 Å². The molecule has 0 atom stereocenters. The van der Waals surface area contributed by atoms with E-state index >= 15 is 0 Å². The van der Waals surface area contributed by atoms with Crippen molar-refractivity contribution in [1.29, 1.82) is 0 Å². The van der Waals surface area contributed by atoms with Crippen molar-refractivity contribution in [2.45, 2.75) is 58.1 Å². The largest absolute Gasteiger partial charge is 0.465 e. The van der Waals surface area contributed by atoms with Crippen LogP contribution in [0.4, 0.5) is 10.5 Å². The van der Waals surface area contributed by atoms with Crippen molar-refractivity contribution >= 4 is 34.9 Å². The van der Waals surface area contributed by atoms with Gasteiger partial charge in [-0.2, -0.15) is 5.10 Å². The molecule has 8 nitrogen and oxygen atoms in total. The molecule has 1 amide bonds. The Kier molecular flexibility index (Phi) is 6.14. The zero-order valence-corrected chi connectivity index (χ0v) is 18.2. The molecule has 1 fully saturated rings. The van der Waals surface area contributed by atoms with Crippen molar-refractivity contribution < 1.29 is 23.9 Å². The van der Waals surface area contributed by atoms with Gasteiger partial charge in [0.1, 0.15) is 11.9 Å². The fourth-order valence-corrected chi connectivity index (χ4v) is 3.75. The Balaban J connectivity index is 1.97. The quantitative estimate of drug-likeness (QED) is 0.551. The summed E-state index contributed by atoms with van der Waals surface area (Å²) in [6.45, 7) is 5.35. The number of hydrogen-bond acceptors (Lipinski definition) is 6. The van der Waals surface area contributed by atoms with Crippen molar-refractivity contribution in [2.75, 3.05) is 19.1 Å². The number of aromatic nitrogens is 2. The predicted molar refractivity (Wildman–Crippen MR) is 113 cm³/mol. The number of carbonyl (C=O) groups is 3. The van der Waals surface area contributed by atoms with Gasteiger partial charge in [0, 0.05) is 24.5 Å². The molecular weight excluding hydrogens is 386 g/mol. The smallest absolute Gasteiger partial charge is 0.414 e. The number of esters is 1. The molecule has 1 saturated carbocycles. The average molecular weight is 415 g/mol. The lowest BCUT2D eigenvalue weighted by atomic mass is 9.87. The Bertz CT molecular complexity index is 952. The maximum atomic E-state index is 12.6. The first kappa shape index (κ1) is 21.8. The van der Waals surface area contributed by atoms with Crippen LogP contribution in [0.5, 0.6) is 0 Å². The first-order chi connectivity index (χ1) is 14.1. The van der Waals surface area contributed by atoms with Crippen molar-refractivity contribution in [1.82, 2.24) is 9.78 Å². The van der Waals surface area contributed by atoms with E-state index in [-0.39, 0.29) is 17.5 Å². The molecule has 0 spiro atoms. The molecule has 162 valence electrons. The number of carbonyl (C=O) groups excluding carboxylic acids is 3. The number of ether oxygens (including phenoxy) is 2. The highest BCUT2D eigenvalue weighted by Gasteiger charge is 2.27. The lowest BCUT2D eigenvalue weighted by Gasteiger charge is -2.25. The van der Waals surface area contributed by atoms with Crippen LogP contribution in [0.15, 0.2) is 18.3 Å². The van der Waals surface area contributed by atoms with Gasteiger partial charge in [0.2, 0.25) is 0 Å². The van der Waals surface area contributed by atoms with Crippen molar-refractivity contribution in [2.24, 2.45) is 5.92 Å². The minimum atomic E-state index is -0.661. The number of fused-ring (bicyclic) bond motifs is 1. The molecule has 0 radical (unpaired) electrons. The Morgan fingerprint density at radius 1 is 1.20 bits per heavy atom. The lowest BCUT2D eigenvalue weighted by Crippen LogP contribution is -2.35. The number of methoxy groups -OCH3 is 1. The number of amides is 1. The summed E-state index contributed by atoms with van der Waals surface area (Å²) in [6, 6.07) is 3.61. The van der Waals surface area contributed by atoms with Gasteiger partial charge in [-0.05, 0) is 58.6 Å². The van der Waals surface area contributed by atoms with Crippen LogP contribution >= 0.6 is 0 Å². The molecule has 30 heavy (non-hydrogen) atoms. The fraction of sp³-hybridized carbons (Fsp3) is 0.545. The normalized spacial score (nSPS) is 19.4. The molecule has 8 heteroatoms. The third-order valence-electron chi connectivity index (χ3n) is 5.38. The van der Waals surface area contributed by atoms with E-state index in [1.807, 2.05) is 10.9 Å². The van der Waals surface area contributed by atoms with Crippen LogP contribution in [0.1, 0.15) is 62.9 Å². The maximum Gasteiger partial charge on any atom is 0.414 e. The molecule has 0 aliphatic heterocycles. The summed E-state index contributed by atoms with van der Waals surface area (Å²) in [5.41, 5.74) is 0.627. The van der Waals surface area contributed by atoms with E-state index in [2.05, 4.69) is 5.10 Å². The molecule has 0 unspecified atom stereocenters. The SMILES string of the molecule is COC(=O)c1cc2nn(C3CCC(C=O)CC3)cc2cc1N(C)C(=O)OC(C)(C)C. The monoisotopic (exact) mass is 415 g/mol. The Morgan fingerprint density at radius 3 is 2.43 bits per heavy atom. The average Bonchev–Trinajstić information content (AvgIpc) is 3.13. The van der Waals surface area contributed by atoms with E-state index in [0.29, 0.717) is 11.2 Å². The number of aldehydes is 1. The molecular formula is C22H29N3O5. The third-order valence-corrected chi connectivity index (χ3v) is 5.38. The summed E-state index contributed by atoms with van der Waals surface area (Å²) in [7, 11) is 2.86. The number of benzene rings is 1. The first-order valence-electron chi connectivity index (χ1n) is 10.2. The van der Waals surface area contributed by atoms with Gasteiger partial charge in [0.15, 0.2) is 0 Å². The second-order valence-corrected chi connectivity index (χ2v) is 8.77. The molecule has 0 bridgehead atoms. The van der Waals surface area contributed by atoms with Crippen LogP contribution in [0.3, 0.4) is 0 Å². The van der Waals surface area contributed by atoms with Crippen molar-refractivity contribution in [3.63, 3.8) is 0 Å². The summed E-state index contributed by atoms with van der Waals surface area (Å²) in [6.07, 6.45) is 5.87. The molecule has 0 saturated heterocycles. The maximum absolute atomic E-state index is 12.6. The van der Waals surface area contributed by atoms with E-state index < -0.39 is 17.7 Å². The van der Waals surface area contributed by atoms with Gasteiger partial charge >= 0.3 is 12.1 Å². The number of anilines is 1. The van der Waals surface area contributed by atoms with Gasteiger partial charge in [-0.25, -0.2) is 9.59 Å². The highest BCUT2D eigenvalue weighted by atomic mass is 16.6. The zero-order valence-electron chi connectivity index (χ0n) is 18.2. The third kappa shape index (κ3) is 4.63. The summed E-state index contributed by atoms with van der Waals surface area (Å²) in [4.78, 5) is 37.3. The van der Waals surface area contributed by atoms with Crippen LogP contribution < -0.4 is 4.90 Å². The predicted octanol–water partition coefficient (Wildman–Crippen LogP) is 4.12. The standard InChI is InChI=1S/C22H29N3O5/c1-22(2,3)30-21(28)24(4)19-10-15-12-25(16-8-6-14(13-26)7-9-16)23-18(15)11-17(19)20(27)29-5/h10-14,16H,6-9H2,1-5H3. The first-order valence-corrected chi connectivity index (χ1v) is 10.2. The van der Waals surface area contributed by atoms with E-state index in [1.165, 1.54) is 12.0 Å². The van der Waals surface area contributed by atoms with Crippen molar-refractivity contribution in [3.8, 4) is 0 Å². The van der Waals surface area contributed by atoms with E-state index in [9.17, 15) is 14.4 Å².